The number of hydrogen-bond donors (Lipinski definition) is 1. The Labute approximate surface area is 167 Å². The Morgan fingerprint density at radius 1 is 1.00 bits per heavy atom. The maximum Gasteiger partial charge on any atom is 0.188 e. The van der Waals surface area contributed by atoms with Gasteiger partial charge >= 0.3 is 0 Å². The second kappa shape index (κ2) is 6.27. The van der Waals surface area contributed by atoms with Crippen LogP contribution in [-0.4, -0.2) is 49.2 Å². The number of aliphatic hydroxyl groups is 1. The van der Waals surface area contributed by atoms with Crippen molar-refractivity contribution in [2.75, 3.05) is 26.4 Å². The molecule has 3 saturated carbocycles. The van der Waals surface area contributed by atoms with E-state index in [4.69, 9.17) is 18.9 Å². The van der Waals surface area contributed by atoms with Gasteiger partial charge < -0.3 is 24.1 Å². The third-order valence-electron chi connectivity index (χ3n) is 9.36. The fourth-order valence-corrected chi connectivity index (χ4v) is 8.40. The minimum Gasteiger partial charge on any atom is -0.393 e. The average Bonchev–Trinajstić information content (AvgIpc) is 3.43. The molecule has 156 valence electrons. The molecular formula is C23H34O5. The molecule has 6 atom stereocenters. The van der Waals surface area contributed by atoms with Crippen LogP contribution < -0.4 is 0 Å². The Morgan fingerprint density at radius 3 is 2.50 bits per heavy atom. The van der Waals surface area contributed by atoms with Crippen molar-refractivity contribution >= 4 is 0 Å². The molecule has 2 aliphatic heterocycles. The highest BCUT2D eigenvalue weighted by molar-refractivity contribution is 5.24. The smallest absolute Gasteiger partial charge is 0.188 e. The minimum absolute atomic E-state index is 0.0150. The van der Waals surface area contributed by atoms with Gasteiger partial charge in [-0.05, 0) is 68.3 Å². The van der Waals surface area contributed by atoms with Gasteiger partial charge in [0.15, 0.2) is 11.6 Å². The number of aliphatic hydroxyl groups excluding tert-OH is 1. The zero-order valence-corrected chi connectivity index (χ0v) is 17.0. The highest BCUT2D eigenvalue weighted by Crippen LogP contribution is 2.68. The molecule has 2 spiro atoms. The van der Waals surface area contributed by atoms with Gasteiger partial charge in [-0.25, -0.2) is 0 Å². The Bertz CT molecular complexity index is 662. The van der Waals surface area contributed by atoms with E-state index in [1.54, 1.807) is 0 Å². The van der Waals surface area contributed by atoms with Crippen LogP contribution in [0.25, 0.3) is 0 Å². The number of ether oxygens (including phenoxy) is 4. The van der Waals surface area contributed by atoms with Crippen molar-refractivity contribution in [1.82, 2.24) is 0 Å². The van der Waals surface area contributed by atoms with Crippen molar-refractivity contribution in [2.24, 2.45) is 29.1 Å². The summed E-state index contributed by atoms with van der Waals surface area (Å²) in [5.74, 6) is 1.16. The molecule has 5 fully saturated rings. The standard InChI is InChI=1S/C23H34O5/c1-2-21-14-19(24)20-16-5-7-22(25-9-10-26-22)13-15(16)3-4-17(20)18(21)6-8-23(21)27-11-12-28-23/h13,16-20,24H,2-12,14H2,1H3/t16?,17?,18?,19-,20?,21-/m0/s1. The molecule has 0 aromatic carbocycles. The van der Waals surface area contributed by atoms with Gasteiger partial charge in [-0.15, -0.1) is 0 Å². The molecule has 1 N–H and O–H groups in total. The molecule has 0 aromatic heterocycles. The Kier molecular flexibility index (Phi) is 4.10. The summed E-state index contributed by atoms with van der Waals surface area (Å²) in [6.45, 7) is 5.09. The first-order valence-electron chi connectivity index (χ1n) is 11.6. The average molecular weight is 391 g/mol. The first kappa shape index (κ1) is 18.3. The molecule has 6 aliphatic rings. The first-order valence-corrected chi connectivity index (χ1v) is 11.6. The second-order valence-corrected chi connectivity index (χ2v) is 10.0. The van der Waals surface area contributed by atoms with Gasteiger partial charge in [0.2, 0.25) is 0 Å². The van der Waals surface area contributed by atoms with Gasteiger partial charge in [-0.2, -0.15) is 0 Å². The topological polar surface area (TPSA) is 57.2 Å². The quantitative estimate of drug-likeness (QED) is 0.696. The molecular weight excluding hydrogens is 356 g/mol. The monoisotopic (exact) mass is 390 g/mol. The van der Waals surface area contributed by atoms with Gasteiger partial charge in [0.25, 0.3) is 0 Å². The van der Waals surface area contributed by atoms with Crippen LogP contribution in [0.4, 0.5) is 0 Å². The maximum absolute atomic E-state index is 11.5. The molecule has 2 saturated heterocycles. The van der Waals surface area contributed by atoms with Crippen molar-refractivity contribution in [3.8, 4) is 0 Å². The largest absolute Gasteiger partial charge is 0.393 e. The lowest BCUT2D eigenvalue weighted by Gasteiger charge is -2.58. The van der Waals surface area contributed by atoms with Gasteiger partial charge in [0.1, 0.15) is 0 Å². The summed E-state index contributed by atoms with van der Waals surface area (Å²) < 4.78 is 24.5. The van der Waals surface area contributed by atoms with Crippen LogP contribution in [0.5, 0.6) is 0 Å². The van der Waals surface area contributed by atoms with Crippen molar-refractivity contribution in [3.05, 3.63) is 11.6 Å². The van der Waals surface area contributed by atoms with Crippen molar-refractivity contribution in [2.45, 2.75) is 76.0 Å². The van der Waals surface area contributed by atoms with Crippen LogP contribution in [0, 0.1) is 29.1 Å². The predicted molar refractivity (Wildman–Crippen MR) is 102 cm³/mol. The lowest BCUT2D eigenvalue weighted by Crippen LogP contribution is -2.59. The third-order valence-corrected chi connectivity index (χ3v) is 9.36. The van der Waals surface area contributed by atoms with Gasteiger partial charge in [0, 0.05) is 18.3 Å². The lowest BCUT2D eigenvalue weighted by molar-refractivity contribution is -0.262. The van der Waals surface area contributed by atoms with E-state index in [1.807, 2.05) is 0 Å². The van der Waals surface area contributed by atoms with Gasteiger partial charge in [-0.3, -0.25) is 0 Å². The van der Waals surface area contributed by atoms with Gasteiger partial charge in [-0.1, -0.05) is 12.5 Å². The van der Waals surface area contributed by atoms with E-state index in [2.05, 4.69) is 13.0 Å². The van der Waals surface area contributed by atoms with Crippen LogP contribution in [0.1, 0.15) is 58.3 Å². The van der Waals surface area contributed by atoms with E-state index >= 15 is 0 Å². The van der Waals surface area contributed by atoms with Crippen molar-refractivity contribution < 1.29 is 24.1 Å². The highest BCUT2D eigenvalue weighted by Gasteiger charge is 2.68. The predicted octanol–water partition coefficient (Wildman–Crippen LogP) is 3.41. The molecule has 2 heterocycles. The Morgan fingerprint density at radius 2 is 1.75 bits per heavy atom. The number of fused-ring (bicyclic) bond motifs is 6. The number of rotatable bonds is 1. The molecule has 5 nitrogen and oxygen atoms in total. The van der Waals surface area contributed by atoms with Crippen molar-refractivity contribution in [1.29, 1.82) is 0 Å². The lowest BCUT2D eigenvalue weighted by atomic mass is 9.49. The zero-order chi connectivity index (χ0) is 19.0. The van der Waals surface area contributed by atoms with Gasteiger partial charge in [0.05, 0.1) is 32.5 Å². The van der Waals surface area contributed by atoms with Crippen molar-refractivity contribution in [3.63, 3.8) is 0 Å². The summed E-state index contributed by atoms with van der Waals surface area (Å²) in [7, 11) is 0. The van der Waals surface area contributed by atoms with E-state index in [9.17, 15) is 5.11 Å². The summed E-state index contributed by atoms with van der Waals surface area (Å²) in [4.78, 5) is 0. The highest BCUT2D eigenvalue weighted by atomic mass is 16.7. The van der Waals surface area contributed by atoms with Crippen LogP contribution in [0.2, 0.25) is 0 Å². The molecule has 28 heavy (non-hydrogen) atoms. The molecule has 5 heteroatoms. The second-order valence-electron chi connectivity index (χ2n) is 10.0. The third kappa shape index (κ3) is 2.26. The van der Waals surface area contributed by atoms with E-state index < -0.39 is 11.6 Å². The Hall–Kier alpha value is -0.460. The van der Waals surface area contributed by atoms with E-state index in [-0.39, 0.29) is 11.5 Å². The first-order chi connectivity index (χ1) is 13.6. The van der Waals surface area contributed by atoms with E-state index in [0.717, 1.165) is 38.5 Å². The van der Waals surface area contributed by atoms with Crippen LogP contribution in [-0.2, 0) is 18.9 Å². The molecule has 6 rings (SSSR count). The summed E-state index contributed by atoms with van der Waals surface area (Å²) in [6.07, 6.45) is 10.4. The maximum atomic E-state index is 11.5. The van der Waals surface area contributed by atoms with Crippen LogP contribution in [0.15, 0.2) is 11.6 Å². The normalized spacial score (nSPS) is 48.4. The van der Waals surface area contributed by atoms with E-state index in [0.29, 0.717) is 50.1 Å². The summed E-state index contributed by atoms with van der Waals surface area (Å²) in [5, 5.41) is 11.5. The molecule has 4 unspecified atom stereocenters. The summed E-state index contributed by atoms with van der Waals surface area (Å²) >= 11 is 0. The van der Waals surface area contributed by atoms with E-state index in [1.165, 1.54) is 18.4 Å². The number of allylic oxidation sites excluding steroid dienone is 1. The minimum atomic E-state index is -0.464. The summed E-state index contributed by atoms with van der Waals surface area (Å²) in [6, 6.07) is 0. The van der Waals surface area contributed by atoms with Crippen LogP contribution in [0.3, 0.4) is 0 Å². The molecule has 0 amide bonds. The zero-order valence-electron chi connectivity index (χ0n) is 17.0. The fourth-order valence-electron chi connectivity index (χ4n) is 8.40. The molecule has 0 aromatic rings. The molecule has 0 bridgehead atoms. The SMILES string of the molecule is CC[C@]12C[C@H](O)C3C4CCC5(C=C4CCC3C1CCC21OCCO1)OCCO5. The molecule has 0 radical (unpaired) electrons. The van der Waals surface area contributed by atoms with Crippen LogP contribution >= 0.6 is 0 Å². The number of hydrogen-bond acceptors (Lipinski definition) is 5. The Balaban J connectivity index is 1.33. The summed E-state index contributed by atoms with van der Waals surface area (Å²) in [5.41, 5.74) is 1.47. The fraction of sp³-hybridized carbons (Fsp3) is 0.913. The molecule has 4 aliphatic carbocycles.